The predicted octanol–water partition coefficient (Wildman–Crippen LogP) is 5.34. The Morgan fingerprint density at radius 3 is 2.37 bits per heavy atom. The molecule has 30 heavy (non-hydrogen) atoms. The fraction of sp³-hybridized carbons (Fsp3) is 0.125. The Labute approximate surface area is 173 Å². The molecule has 0 bridgehead atoms. The van der Waals surface area contributed by atoms with Crippen molar-refractivity contribution < 1.29 is 9.21 Å². The van der Waals surface area contributed by atoms with Crippen LogP contribution in [0.2, 0.25) is 0 Å². The van der Waals surface area contributed by atoms with Crippen molar-refractivity contribution in [3.63, 3.8) is 0 Å². The van der Waals surface area contributed by atoms with Crippen LogP contribution in [0.4, 0.5) is 5.69 Å². The van der Waals surface area contributed by atoms with E-state index < -0.39 is 0 Å². The molecule has 148 valence electrons. The van der Waals surface area contributed by atoms with Crippen LogP contribution in [0.1, 0.15) is 27.2 Å². The molecule has 0 aliphatic heterocycles. The average Bonchev–Trinajstić information content (AvgIpc) is 3.30. The van der Waals surface area contributed by atoms with E-state index in [4.69, 9.17) is 4.42 Å². The van der Waals surface area contributed by atoms with Crippen molar-refractivity contribution in [3.05, 3.63) is 83.1 Å². The Morgan fingerprint density at radius 2 is 1.63 bits per heavy atom. The molecule has 5 rings (SSSR count). The first-order valence-corrected chi connectivity index (χ1v) is 9.74. The highest BCUT2D eigenvalue weighted by atomic mass is 16.3. The first-order chi connectivity index (χ1) is 14.5. The zero-order valence-corrected chi connectivity index (χ0v) is 16.9. The molecule has 0 fully saturated rings. The first kappa shape index (κ1) is 18.1. The molecule has 1 N–H and O–H groups in total. The van der Waals surface area contributed by atoms with Gasteiger partial charge in [-0.15, -0.1) is 10.2 Å². The monoisotopic (exact) mass is 396 g/mol. The van der Waals surface area contributed by atoms with Crippen molar-refractivity contribution >= 4 is 33.6 Å². The van der Waals surface area contributed by atoms with Gasteiger partial charge in [0.1, 0.15) is 16.6 Å². The number of hydrogen-bond acceptors (Lipinski definition) is 4. The van der Waals surface area contributed by atoms with Crippen molar-refractivity contribution in [2.75, 3.05) is 5.32 Å². The SMILES string of the molecule is Cc1ccc(-n2nc3cc(C)c(NC(=O)c4oc5ccccc5c4C)cc3n2)cc1. The van der Waals surface area contributed by atoms with Gasteiger partial charge in [0.25, 0.3) is 5.91 Å². The van der Waals surface area contributed by atoms with E-state index in [1.54, 1.807) is 4.80 Å². The summed E-state index contributed by atoms with van der Waals surface area (Å²) in [7, 11) is 0. The maximum Gasteiger partial charge on any atom is 0.291 e. The number of rotatable bonds is 3. The van der Waals surface area contributed by atoms with Crippen LogP contribution in [0.15, 0.2) is 65.1 Å². The molecular weight excluding hydrogens is 376 g/mol. The van der Waals surface area contributed by atoms with E-state index in [9.17, 15) is 4.79 Å². The minimum absolute atomic E-state index is 0.280. The maximum atomic E-state index is 12.9. The van der Waals surface area contributed by atoms with E-state index in [2.05, 4.69) is 15.5 Å². The number of nitrogens with one attached hydrogen (secondary N) is 1. The summed E-state index contributed by atoms with van der Waals surface area (Å²) in [6, 6.07) is 19.4. The van der Waals surface area contributed by atoms with E-state index in [1.165, 1.54) is 5.56 Å². The lowest BCUT2D eigenvalue weighted by Gasteiger charge is -2.07. The Balaban J connectivity index is 1.49. The van der Waals surface area contributed by atoms with Gasteiger partial charge in [-0.25, -0.2) is 0 Å². The van der Waals surface area contributed by atoms with Gasteiger partial charge in [-0.2, -0.15) is 4.80 Å². The Morgan fingerprint density at radius 1 is 0.933 bits per heavy atom. The van der Waals surface area contributed by atoms with Gasteiger partial charge >= 0.3 is 0 Å². The molecule has 5 aromatic rings. The lowest BCUT2D eigenvalue weighted by molar-refractivity contribution is 0.0998. The number of para-hydroxylation sites is 1. The van der Waals surface area contributed by atoms with E-state index in [0.29, 0.717) is 22.5 Å². The summed E-state index contributed by atoms with van der Waals surface area (Å²) in [5, 5.41) is 13.1. The summed E-state index contributed by atoms with van der Waals surface area (Å²) >= 11 is 0. The largest absolute Gasteiger partial charge is 0.451 e. The highest BCUT2D eigenvalue weighted by Gasteiger charge is 2.19. The molecule has 3 aromatic carbocycles. The van der Waals surface area contributed by atoms with Crippen LogP contribution in [-0.4, -0.2) is 20.9 Å². The molecule has 6 heteroatoms. The highest BCUT2D eigenvalue weighted by molar-refractivity contribution is 6.07. The molecule has 2 aromatic heterocycles. The van der Waals surface area contributed by atoms with Crippen molar-refractivity contribution in [1.29, 1.82) is 0 Å². The molecule has 0 saturated carbocycles. The number of anilines is 1. The van der Waals surface area contributed by atoms with E-state index in [1.807, 2.05) is 81.4 Å². The van der Waals surface area contributed by atoms with Crippen LogP contribution in [0, 0.1) is 20.8 Å². The summed E-state index contributed by atoms with van der Waals surface area (Å²) in [6.07, 6.45) is 0. The molecule has 0 aliphatic carbocycles. The molecule has 1 amide bonds. The standard InChI is InChI=1S/C24H20N4O2/c1-14-8-10-17(11-9-14)28-26-20-12-15(2)19(13-21(20)27-28)25-24(29)23-16(3)18-6-4-5-7-22(18)30-23/h4-13H,1-3H3,(H,25,29). The average molecular weight is 396 g/mol. The van der Waals surface area contributed by atoms with Gasteiger partial charge in [-0.1, -0.05) is 35.9 Å². The fourth-order valence-electron chi connectivity index (χ4n) is 3.57. The number of aromatic nitrogens is 3. The maximum absolute atomic E-state index is 12.9. The van der Waals surface area contributed by atoms with Crippen LogP contribution in [-0.2, 0) is 0 Å². The number of nitrogens with zero attached hydrogens (tertiary/aromatic N) is 3. The number of amides is 1. The number of fused-ring (bicyclic) bond motifs is 2. The van der Waals surface area contributed by atoms with Gasteiger partial charge < -0.3 is 9.73 Å². The minimum atomic E-state index is -0.280. The Hall–Kier alpha value is -3.93. The normalized spacial score (nSPS) is 11.3. The molecule has 6 nitrogen and oxygen atoms in total. The van der Waals surface area contributed by atoms with Gasteiger partial charge in [-0.3, -0.25) is 4.79 Å². The second kappa shape index (κ2) is 6.84. The summed E-state index contributed by atoms with van der Waals surface area (Å²) in [6.45, 7) is 5.87. The molecule has 0 unspecified atom stereocenters. The van der Waals surface area contributed by atoms with Gasteiger partial charge in [0.15, 0.2) is 5.76 Å². The van der Waals surface area contributed by atoms with Gasteiger partial charge in [-0.05, 0) is 56.7 Å². The fourth-order valence-corrected chi connectivity index (χ4v) is 3.57. The van der Waals surface area contributed by atoms with Crippen LogP contribution < -0.4 is 5.32 Å². The molecule has 2 heterocycles. The third-order valence-electron chi connectivity index (χ3n) is 5.29. The molecule has 0 spiro atoms. The van der Waals surface area contributed by atoms with E-state index in [-0.39, 0.29) is 5.91 Å². The third-order valence-corrected chi connectivity index (χ3v) is 5.29. The van der Waals surface area contributed by atoms with Crippen molar-refractivity contribution in [2.45, 2.75) is 20.8 Å². The molecule has 0 aliphatic rings. The summed E-state index contributed by atoms with van der Waals surface area (Å²) in [4.78, 5) is 14.5. The van der Waals surface area contributed by atoms with E-state index in [0.717, 1.165) is 27.7 Å². The lowest BCUT2D eigenvalue weighted by Crippen LogP contribution is -2.13. The van der Waals surface area contributed by atoms with Crippen LogP contribution >= 0.6 is 0 Å². The molecular formula is C24H20N4O2. The second-order valence-electron chi connectivity index (χ2n) is 7.49. The van der Waals surface area contributed by atoms with Crippen molar-refractivity contribution in [3.8, 4) is 5.69 Å². The van der Waals surface area contributed by atoms with Gasteiger partial charge in [0, 0.05) is 16.6 Å². The van der Waals surface area contributed by atoms with Crippen LogP contribution in [0.5, 0.6) is 0 Å². The zero-order chi connectivity index (χ0) is 20.8. The smallest absolute Gasteiger partial charge is 0.291 e. The van der Waals surface area contributed by atoms with Gasteiger partial charge in [0.05, 0.1) is 5.69 Å². The third kappa shape index (κ3) is 3.03. The number of benzene rings is 3. The topological polar surface area (TPSA) is 73.0 Å². The molecule has 0 saturated heterocycles. The molecule has 0 atom stereocenters. The zero-order valence-electron chi connectivity index (χ0n) is 16.9. The van der Waals surface area contributed by atoms with Crippen LogP contribution in [0.3, 0.4) is 0 Å². The van der Waals surface area contributed by atoms with Crippen molar-refractivity contribution in [1.82, 2.24) is 15.0 Å². The Kier molecular flexibility index (Phi) is 4.13. The number of carbonyl (C=O) groups is 1. The quantitative estimate of drug-likeness (QED) is 0.446. The number of carbonyl (C=O) groups excluding carboxylic acids is 1. The second-order valence-corrected chi connectivity index (χ2v) is 7.49. The predicted molar refractivity (Wildman–Crippen MR) is 117 cm³/mol. The van der Waals surface area contributed by atoms with Crippen LogP contribution in [0.25, 0.3) is 27.7 Å². The summed E-state index contributed by atoms with van der Waals surface area (Å²) < 4.78 is 5.79. The molecule has 0 radical (unpaired) electrons. The highest BCUT2D eigenvalue weighted by Crippen LogP contribution is 2.27. The number of aryl methyl sites for hydroxylation is 3. The minimum Gasteiger partial charge on any atom is -0.451 e. The number of furan rings is 1. The lowest BCUT2D eigenvalue weighted by atomic mass is 10.1. The van der Waals surface area contributed by atoms with Crippen molar-refractivity contribution in [2.24, 2.45) is 0 Å². The van der Waals surface area contributed by atoms with Gasteiger partial charge in [0.2, 0.25) is 0 Å². The summed E-state index contributed by atoms with van der Waals surface area (Å²) in [5.74, 6) is 0.0380. The number of hydrogen-bond donors (Lipinski definition) is 1. The first-order valence-electron chi connectivity index (χ1n) is 9.74. The Bertz CT molecular complexity index is 1410. The van der Waals surface area contributed by atoms with E-state index >= 15 is 0 Å². The summed E-state index contributed by atoms with van der Waals surface area (Å²) in [5.41, 5.74) is 6.66.